The first-order chi connectivity index (χ1) is 15.8. The van der Waals surface area contributed by atoms with Crippen molar-refractivity contribution in [1.82, 2.24) is 19.6 Å². The molecule has 9 heteroatoms. The number of anilines is 1. The number of aromatic nitrogens is 4. The normalized spacial score (nSPS) is 10.9. The summed E-state index contributed by atoms with van der Waals surface area (Å²) in [6.45, 7) is 5.52. The molecule has 0 saturated heterocycles. The molecule has 1 N–H and O–H groups in total. The highest BCUT2D eigenvalue weighted by molar-refractivity contribution is 5.91. The van der Waals surface area contributed by atoms with Crippen LogP contribution < -0.4 is 20.3 Å². The molecule has 2 aromatic carbocycles. The number of carbonyl (C=O) groups is 1. The Labute approximate surface area is 190 Å². The summed E-state index contributed by atoms with van der Waals surface area (Å²) in [5, 5.41) is 12.2. The molecule has 0 aliphatic heterocycles. The monoisotopic (exact) mass is 447 g/mol. The van der Waals surface area contributed by atoms with Crippen LogP contribution in [0.15, 0.2) is 47.4 Å². The van der Waals surface area contributed by atoms with Gasteiger partial charge >= 0.3 is 0 Å². The Hall–Kier alpha value is -4.14. The number of carbonyl (C=O) groups excluding carboxylic acids is 1. The van der Waals surface area contributed by atoms with E-state index in [2.05, 4.69) is 15.5 Å². The zero-order chi connectivity index (χ0) is 23.7. The first kappa shape index (κ1) is 22.1. The molecule has 0 bridgehead atoms. The molecule has 2 heterocycles. The number of amides is 1. The lowest BCUT2D eigenvalue weighted by Crippen LogP contribution is -2.31. The molecule has 0 fully saturated rings. The first-order valence-electron chi connectivity index (χ1n) is 10.4. The summed E-state index contributed by atoms with van der Waals surface area (Å²) in [5.74, 6) is 0.641. The van der Waals surface area contributed by atoms with E-state index < -0.39 is 11.5 Å². The maximum Gasteiger partial charge on any atom is 0.293 e. The number of hydrogen-bond acceptors (Lipinski definition) is 6. The van der Waals surface area contributed by atoms with Gasteiger partial charge in [-0.1, -0.05) is 17.7 Å². The second-order valence-electron chi connectivity index (χ2n) is 7.77. The minimum atomic E-state index is -0.395. The molecular weight excluding hydrogens is 422 g/mol. The van der Waals surface area contributed by atoms with E-state index in [0.29, 0.717) is 33.8 Å². The van der Waals surface area contributed by atoms with Crippen LogP contribution in [0.2, 0.25) is 0 Å². The number of aryl methyl sites for hydroxylation is 3. The molecule has 0 unspecified atom stereocenters. The van der Waals surface area contributed by atoms with E-state index >= 15 is 0 Å². The van der Waals surface area contributed by atoms with Crippen LogP contribution in [-0.2, 0) is 11.3 Å². The molecule has 4 rings (SSSR count). The molecule has 170 valence electrons. The van der Waals surface area contributed by atoms with Crippen LogP contribution in [-0.4, -0.2) is 39.7 Å². The van der Waals surface area contributed by atoms with Gasteiger partial charge in [-0.3, -0.25) is 9.59 Å². The van der Waals surface area contributed by atoms with Crippen LogP contribution in [0.4, 0.5) is 5.69 Å². The third-order valence-electron chi connectivity index (χ3n) is 5.41. The van der Waals surface area contributed by atoms with Gasteiger partial charge in [0.2, 0.25) is 5.91 Å². The van der Waals surface area contributed by atoms with Gasteiger partial charge in [0.25, 0.3) is 5.56 Å². The average Bonchev–Trinajstić information content (AvgIpc) is 3.23. The van der Waals surface area contributed by atoms with E-state index in [1.165, 1.54) is 14.2 Å². The van der Waals surface area contributed by atoms with Gasteiger partial charge in [0.05, 0.1) is 31.8 Å². The van der Waals surface area contributed by atoms with Gasteiger partial charge in [-0.05, 0) is 44.5 Å². The fourth-order valence-corrected chi connectivity index (χ4v) is 3.80. The summed E-state index contributed by atoms with van der Waals surface area (Å²) >= 11 is 0. The zero-order valence-corrected chi connectivity index (χ0v) is 19.2. The Balaban J connectivity index is 1.68. The minimum Gasteiger partial charge on any atom is -0.493 e. The highest BCUT2D eigenvalue weighted by Gasteiger charge is 2.18. The number of benzene rings is 2. The summed E-state index contributed by atoms with van der Waals surface area (Å²) in [4.78, 5) is 26.0. The number of nitrogens with zero attached hydrogens (tertiary/aromatic N) is 4. The second-order valence-corrected chi connectivity index (χ2v) is 7.77. The molecule has 0 radical (unpaired) electrons. The Morgan fingerprint density at radius 3 is 2.48 bits per heavy atom. The number of fused-ring (bicyclic) bond motifs is 1. The van der Waals surface area contributed by atoms with Crippen molar-refractivity contribution in [2.75, 3.05) is 19.5 Å². The molecule has 4 aromatic rings. The van der Waals surface area contributed by atoms with Gasteiger partial charge in [0, 0.05) is 17.1 Å². The highest BCUT2D eigenvalue weighted by atomic mass is 16.5. The Bertz CT molecular complexity index is 1420. The van der Waals surface area contributed by atoms with E-state index in [1.807, 2.05) is 32.0 Å². The van der Waals surface area contributed by atoms with Crippen molar-refractivity contribution in [2.45, 2.75) is 27.3 Å². The zero-order valence-electron chi connectivity index (χ0n) is 19.2. The van der Waals surface area contributed by atoms with Crippen LogP contribution in [0.3, 0.4) is 0 Å². The molecule has 2 aromatic heterocycles. The second kappa shape index (κ2) is 8.78. The molecule has 0 spiro atoms. The lowest BCUT2D eigenvalue weighted by Gasteiger charge is -2.12. The van der Waals surface area contributed by atoms with Crippen molar-refractivity contribution >= 4 is 22.5 Å². The third kappa shape index (κ3) is 4.17. The number of nitrogens with one attached hydrogen (secondary N) is 1. The maximum atomic E-state index is 13.3. The predicted octanol–water partition coefficient (Wildman–Crippen LogP) is 3.16. The third-order valence-corrected chi connectivity index (χ3v) is 5.41. The Morgan fingerprint density at radius 2 is 1.79 bits per heavy atom. The molecular formula is C24H25N5O4. The summed E-state index contributed by atoms with van der Waals surface area (Å²) in [5.41, 5.74) is 4.04. The van der Waals surface area contributed by atoms with Gasteiger partial charge in [-0.2, -0.15) is 10.2 Å². The summed E-state index contributed by atoms with van der Waals surface area (Å²) in [6.07, 6.45) is 1.63. The van der Waals surface area contributed by atoms with E-state index in [9.17, 15) is 9.59 Å². The van der Waals surface area contributed by atoms with Crippen molar-refractivity contribution in [1.29, 1.82) is 0 Å². The summed E-state index contributed by atoms with van der Waals surface area (Å²) in [7, 11) is 3.05. The van der Waals surface area contributed by atoms with Gasteiger partial charge in [-0.15, -0.1) is 0 Å². The first-order valence-corrected chi connectivity index (χ1v) is 10.4. The van der Waals surface area contributed by atoms with Crippen molar-refractivity contribution in [3.8, 4) is 17.2 Å². The molecule has 33 heavy (non-hydrogen) atoms. The number of rotatable bonds is 6. The van der Waals surface area contributed by atoms with Crippen LogP contribution in [0, 0.1) is 20.8 Å². The molecule has 0 saturated carbocycles. The topological polar surface area (TPSA) is 100 Å². The quantitative estimate of drug-likeness (QED) is 0.487. The molecule has 1 amide bonds. The molecule has 0 atom stereocenters. The smallest absolute Gasteiger partial charge is 0.293 e. The van der Waals surface area contributed by atoms with Crippen LogP contribution in [0.1, 0.15) is 16.8 Å². The van der Waals surface area contributed by atoms with Crippen molar-refractivity contribution in [2.24, 2.45) is 0 Å². The lowest BCUT2D eigenvalue weighted by atomic mass is 10.1. The fourth-order valence-electron chi connectivity index (χ4n) is 3.80. The van der Waals surface area contributed by atoms with E-state index in [1.54, 1.807) is 36.0 Å². The van der Waals surface area contributed by atoms with Gasteiger partial charge in [-0.25, -0.2) is 9.36 Å². The van der Waals surface area contributed by atoms with Crippen molar-refractivity contribution in [3.63, 3.8) is 0 Å². The molecule has 0 aliphatic rings. The summed E-state index contributed by atoms with van der Waals surface area (Å²) < 4.78 is 13.3. The van der Waals surface area contributed by atoms with Gasteiger partial charge < -0.3 is 14.8 Å². The van der Waals surface area contributed by atoms with E-state index in [-0.39, 0.29) is 6.54 Å². The number of hydrogen-bond donors (Lipinski definition) is 1. The highest BCUT2D eigenvalue weighted by Crippen LogP contribution is 2.29. The predicted molar refractivity (Wildman–Crippen MR) is 126 cm³/mol. The average molecular weight is 447 g/mol. The Kier molecular flexibility index (Phi) is 5.87. The van der Waals surface area contributed by atoms with Crippen LogP contribution >= 0.6 is 0 Å². The number of ether oxygens (including phenoxy) is 2. The van der Waals surface area contributed by atoms with Crippen LogP contribution in [0.25, 0.3) is 16.6 Å². The van der Waals surface area contributed by atoms with Crippen molar-refractivity contribution in [3.05, 3.63) is 69.8 Å². The summed E-state index contributed by atoms with van der Waals surface area (Å²) in [6, 6.07) is 11.0. The number of methoxy groups -OCH3 is 2. The SMILES string of the molecule is COc1ccc(NC(=O)Cn2nc(C)c3cnn(-c4ccc(C)cc4C)c3c2=O)cc1OC. The van der Waals surface area contributed by atoms with Gasteiger partial charge in [0.15, 0.2) is 11.5 Å². The Morgan fingerprint density at radius 1 is 1.03 bits per heavy atom. The maximum absolute atomic E-state index is 13.3. The largest absolute Gasteiger partial charge is 0.493 e. The van der Waals surface area contributed by atoms with E-state index in [4.69, 9.17) is 9.47 Å². The van der Waals surface area contributed by atoms with E-state index in [0.717, 1.165) is 21.5 Å². The van der Waals surface area contributed by atoms with Crippen LogP contribution in [0.5, 0.6) is 11.5 Å². The fraction of sp³-hybridized carbons (Fsp3) is 0.250. The lowest BCUT2D eigenvalue weighted by molar-refractivity contribution is -0.117. The molecule has 0 aliphatic carbocycles. The minimum absolute atomic E-state index is 0.248. The molecule has 9 nitrogen and oxygen atoms in total. The standard InChI is InChI=1S/C24H25N5O4/c1-14-6-8-19(15(2)10-14)29-23-18(12-25-29)16(3)27-28(24(23)31)13-22(30)26-17-7-9-20(32-4)21(11-17)33-5/h6-12H,13H2,1-5H3,(H,26,30). The van der Waals surface area contributed by atoms with Crippen molar-refractivity contribution < 1.29 is 14.3 Å². The van der Waals surface area contributed by atoms with Gasteiger partial charge in [0.1, 0.15) is 12.1 Å².